The summed E-state index contributed by atoms with van der Waals surface area (Å²) in [4.78, 5) is 38.8. The highest BCUT2D eigenvalue weighted by Crippen LogP contribution is 2.40. The van der Waals surface area contributed by atoms with E-state index in [1.54, 1.807) is 27.7 Å². The zero-order chi connectivity index (χ0) is 37.5. The summed E-state index contributed by atoms with van der Waals surface area (Å²) in [5.74, 6) is -0.237. The molecule has 2 fully saturated rings. The van der Waals surface area contributed by atoms with Gasteiger partial charge in [-0.15, -0.1) is 0 Å². The average Bonchev–Trinajstić information content (AvgIpc) is 2.93. The largest absolute Gasteiger partial charge is 0.388 e. The summed E-state index contributed by atoms with van der Waals surface area (Å²) in [6.07, 6.45) is 2.83. The van der Waals surface area contributed by atoms with E-state index < -0.39 is 11.2 Å². The molecule has 2 aromatic carbocycles. The van der Waals surface area contributed by atoms with E-state index in [4.69, 9.17) is 9.68 Å². The summed E-state index contributed by atoms with van der Waals surface area (Å²) in [5.41, 5.74) is -0.206. The lowest BCUT2D eigenvalue weighted by atomic mass is 9.79. The van der Waals surface area contributed by atoms with E-state index in [-0.39, 0.29) is 59.3 Å². The Bertz CT molecular complexity index is 1340. The maximum absolute atomic E-state index is 13.3. The van der Waals surface area contributed by atoms with Gasteiger partial charge in [0.2, 0.25) is 0 Å². The van der Waals surface area contributed by atoms with E-state index in [2.05, 4.69) is 66.0 Å². The van der Waals surface area contributed by atoms with Crippen LogP contribution in [0.3, 0.4) is 0 Å². The van der Waals surface area contributed by atoms with Gasteiger partial charge < -0.3 is 20.8 Å². The van der Waals surface area contributed by atoms with E-state index >= 15 is 0 Å². The SMILES string of the molecule is CC(C)(O)CON1C(C)(C)CC(NC(=O)c2ccc(-c3ccc(C(=O)NC4CC(C)(C)N(OCC(C)(C)O)C(C)(C)C4)cc3)cc2)CC1(C)C. The molecule has 4 N–H and O–H groups in total. The van der Waals surface area contributed by atoms with E-state index in [0.29, 0.717) is 36.8 Å². The summed E-state index contributed by atoms with van der Waals surface area (Å²) in [6, 6.07) is 15.0. The molecular weight excluding hydrogens is 632 g/mol. The van der Waals surface area contributed by atoms with Gasteiger partial charge in [-0.2, -0.15) is 10.1 Å². The van der Waals surface area contributed by atoms with Gasteiger partial charge in [0.15, 0.2) is 0 Å². The molecular formula is C40H62N4O6. The average molecular weight is 695 g/mol. The Kier molecular flexibility index (Phi) is 11.4. The highest BCUT2D eigenvalue weighted by atomic mass is 16.7. The monoisotopic (exact) mass is 694 g/mol. The Morgan fingerprint density at radius 1 is 0.600 bits per heavy atom. The third-order valence-electron chi connectivity index (χ3n) is 9.57. The van der Waals surface area contributed by atoms with Crippen molar-refractivity contribution in [2.24, 2.45) is 0 Å². The molecule has 50 heavy (non-hydrogen) atoms. The van der Waals surface area contributed by atoms with Crippen molar-refractivity contribution >= 4 is 11.8 Å². The molecule has 2 heterocycles. The van der Waals surface area contributed by atoms with Crippen LogP contribution in [0.5, 0.6) is 0 Å². The zero-order valence-electron chi connectivity index (χ0n) is 32.4. The molecule has 0 aliphatic carbocycles. The molecule has 0 radical (unpaired) electrons. The minimum absolute atomic E-state index is 0.0375. The molecule has 2 amide bonds. The van der Waals surface area contributed by atoms with Crippen LogP contribution in [0.1, 0.15) is 129 Å². The first-order chi connectivity index (χ1) is 22.8. The topological polar surface area (TPSA) is 124 Å². The number of aliphatic hydroxyl groups is 2. The van der Waals surface area contributed by atoms with Gasteiger partial charge in [-0.05, 0) is 144 Å². The quantitative estimate of drug-likeness (QED) is 0.217. The lowest BCUT2D eigenvalue weighted by Crippen LogP contribution is -2.64. The third kappa shape index (κ3) is 10.1. The third-order valence-corrected chi connectivity index (χ3v) is 9.57. The molecule has 0 saturated carbocycles. The fraction of sp³-hybridized carbons (Fsp3) is 0.650. The molecule has 0 spiro atoms. The van der Waals surface area contributed by atoms with Gasteiger partial charge in [0.25, 0.3) is 11.8 Å². The van der Waals surface area contributed by atoms with Crippen LogP contribution in [-0.2, 0) is 9.68 Å². The van der Waals surface area contributed by atoms with Gasteiger partial charge in [0, 0.05) is 45.4 Å². The second-order valence-corrected chi connectivity index (χ2v) is 18.3. The van der Waals surface area contributed by atoms with Gasteiger partial charge in [-0.1, -0.05) is 24.3 Å². The summed E-state index contributed by atoms with van der Waals surface area (Å²) in [6.45, 7) is 24.1. The van der Waals surface area contributed by atoms with Crippen molar-refractivity contribution in [1.29, 1.82) is 0 Å². The number of nitrogens with zero attached hydrogens (tertiary/aromatic N) is 2. The molecule has 10 nitrogen and oxygen atoms in total. The highest BCUT2D eigenvalue weighted by Gasteiger charge is 2.48. The molecule has 278 valence electrons. The van der Waals surface area contributed by atoms with E-state index in [1.165, 1.54) is 0 Å². The normalized spacial score (nSPS) is 21.5. The van der Waals surface area contributed by atoms with Crippen molar-refractivity contribution in [3.8, 4) is 11.1 Å². The number of carbonyl (C=O) groups excluding carboxylic acids is 2. The molecule has 0 bridgehead atoms. The van der Waals surface area contributed by atoms with Crippen LogP contribution in [-0.4, -0.2) is 90.8 Å². The minimum atomic E-state index is -0.940. The fourth-order valence-electron chi connectivity index (χ4n) is 8.04. The first-order valence-electron chi connectivity index (χ1n) is 17.9. The molecule has 2 aromatic rings. The summed E-state index contributed by atoms with van der Waals surface area (Å²) in [5, 5.41) is 30.8. The van der Waals surface area contributed by atoms with Crippen LogP contribution in [0.15, 0.2) is 48.5 Å². The molecule has 2 saturated heterocycles. The van der Waals surface area contributed by atoms with Crippen molar-refractivity contribution in [2.75, 3.05) is 13.2 Å². The molecule has 0 unspecified atom stereocenters. The van der Waals surface area contributed by atoms with Crippen molar-refractivity contribution in [1.82, 2.24) is 20.8 Å². The smallest absolute Gasteiger partial charge is 0.251 e. The summed E-state index contributed by atoms with van der Waals surface area (Å²) >= 11 is 0. The number of carbonyl (C=O) groups is 2. The Hall–Kier alpha value is -2.86. The predicted molar refractivity (Wildman–Crippen MR) is 197 cm³/mol. The number of hydrogen-bond donors (Lipinski definition) is 4. The van der Waals surface area contributed by atoms with Crippen LogP contribution in [0.4, 0.5) is 0 Å². The van der Waals surface area contributed by atoms with Crippen LogP contribution in [0.25, 0.3) is 11.1 Å². The van der Waals surface area contributed by atoms with Crippen LogP contribution in [0.2, 0.25) is 0 Å². The summed E-state index contributed by atoms with van der Waals surface area (Å²) < 4.78 is 0. The maximum Gasteiger partial charge on any atom is 0.251 e. The van der Waals surface area contributed by atoms with E-state index in [1.807, 2.05) is 58.7 Å². The number of rotatable bonds is 11. The maximum atomic E-state index is 13.3. The number of benzene rings is 2. The first-order valence-corrected chi connectivity index (χ1v) is 17.9. The molecule has 10 heteroatoms. The molecule has 0 atom stereocenters. The molecule has 0 aromatic heterocycles. The Labute approximate surface area is 299 Å². The van der Waals surface area contributed by atoms with Crippen molar-refractivity contribution in [3.05, 3.63) is 59.7 Å². The van der Waals surface area contributed by atoms with Gasteiger partial charge in [0.05, 0.1) is 24.4 Å². The minimum Gasteiger partial charge on any atom is -0.388 e. The van der Waals surface area contributed by atoms with E-state index in [9.17, 15) is 19.8 Å². The number of hydroxylamine groups is 4. The standard InChI is InChI=1S/C40H62N4O6/c1-35(2)21-31(22-36(3,4)43(35)49-25-39(9,10)47)41-33(45)29-17-13-27(14-18-29)28-15-19-30(20-16-28)34(46)42-32-23-37(5,6)44(38(7,8)24-32)50-26-40(11,12)48/h13-20,31-32,47-48H,21-26H2,1-12H3,(H,41,45)(H,42,46). The number of hydrogen-bond acceptors (Lipinski definition) is 8. The number of amides is 2. The highest BCUT2D eigenvalue weighted by molar-refractivity contribution is 5.96. The van der Waals surface area contributed by atoms with Crippen LogP contribution >= 0.6 is 0 Å². The second-order valence-electron chi connectivity index (χ2n) is 18.3. The lowest BCUT2D eigenvalue weighted by Gasteiger charge is -2.54. The molecule has 2 aliphatic rings. The molecule has 2 aliphatic heterocycles. The Balaban J connectivity index is 1.34. The van der Waals surface area contributed by atoms with E-state index in [0.717, 1.165) is 11.1 Å². The lowest BCUT2D eigenvalue weighted by molar-refractivity contribution is -0.299. The van der Waals surface area contributed by atoms with Crippen molar-refractivity contribution < 1.29 is 29.5 Å². The van der Waals surface area contributed by atoms with Gasteiger partial charge in [-0.25, -0.2) is 0 Å². The Morgan fingerprint density at radius 3 is 1.10 bits per heavy atom. The zero-order valence-corrected chi connectivity index (χ0v) is 32.4. The fourth-order valence-corrected chi connectivity index (χ4v) is 8.04. The van der Waals surface area contributed by atoms with Gasteiger partial charge >= 0.3 is 0 Å². The number of nitrogens with one attached hydrogen (secondary N) is 2. The second kappa shape index (κ2) is 14.3. The summed E-state index contributed by atoms with van der Waals surface area (Å²) in [7, 11) is 0. The Morgan fingerprint density at radius 2 is 0.860 bits per heavy atom. The van der Waals surface area contributed by atoms with Gasteiger partial charge in [-0.3, -0.25) is 19.3 Å². The number of piperidine rings is 2. The predicted octanol–water partition coefficient (Wildman–Crippen LogP) is 6.26. The van der Waals surface area contributed by atoms with Crippen molar-refractivity contribution in [2.45, 2.75) is 154 Å². The van der Waals surface area contributed by atoms with Gasteiger partial charge in [0.1, 0.15) is 0 Å². The van der Waals surface area contributed by atoms with Crippen LogP contribution in [0, 0.1) is 0 Å². The first kappa shape index (κ1) is 39.9. The molecule has 4 rings (SSSR count). The van der Waals surface area contributed by atoms with Crippen molar-refractivity contribution in [3.63, 3.8) is 0 Å². The van der Waals surface area contributed by atoms with Crippen LogP contribution < -0.4 is 10.6 Å².